The first-order valence-electron chi connectivity index (χ1n) is 10.4. The Bertz CT molecular complexity index is 1120. The molecule has 3 rings (SSSR count). The Kier molecular flexibility index (Phi) is 8.57. The van der Waals surface area contributed by atoms with E-state index in [0.29, 0.717) is 23.5 Å². The number of hydrogen-bond donors (Lipinski definition) is 0. The molecule has 1 aliphatic heterocycles. The van der Waals surface area contributed by atoms with Gasteiger partial charge in [-0.25, -0.2) is 4.39 Å². The summed E-state index contributed by atoms with van der Waals surface area (Å²) in [4.78, 5) is 38.0. The highest BCUT2D eigenvalue weighted by molar-refractivity contribution is 8.18. The predicted molar refractivity (Wildman–Crippen MR) is 127 cm³/mol. The van der Waals surface area contributed by atoms with Crippen molar-refractivity contribution in [1.82, 2.24) is 4.90 Å². The molecule has 0 bridgehead atoms. The highest BCUT2D eigenvalue weighted by Gasteiger charge is 2.36. The quantitative estimate of drug-likeness (QED) is 0.330. The van der Waals surface area contributed by atoms with Crippen LogP contribution in [0.5, 0.6) is 11.5 Å². The summed E-state index contributed by atoms with van der Waals surface area (Å²) in [5, 5.41) is -0.327. The Morgan fingerprint density at radius 1 is 1.24 bits per heavy atom. The average Bonchev–Trinajstić information content (AvgIpc) is 3.06. The van der Waals surface area contributed by atoms with Gasteiger partial charge in [-0.3, -0.25) is 19.3 Å². The molecule has 1 fully saturated rings. The first kappa shape index (κ1) is 25.6. The number of halogens is 2. The molecule has 1 aliphatic rings. The van der Waals surface area contributed by atoms with Gasteiger partial charge in [0.25, 0.3) is 11.1 Å². The van der Waals surface area contributed by atoms with Crippen LogP contribution in [0.25, 0.3) is 6.08 Å². The summed E-state index contributed by atoms with van der Waals surface area (Å²) in [7, 11) is 1.46. The van der Waals surface area contributed by atoms with Gasteiger partial charge in [0.1, 0.15) is 19.0 Å². The minimum Gasteiger partial charge on any atom is -0.493 e. The summed E-state index contributed by atoms with van der Waals surface area (Å²) in [5.41, 5.74) is 0.741. The van der Waals surface area contributed by atoms with E-state index in [1.54, 1.807) is 31.2 Å². The zero-order valence-corrected chi connectivity index (χ0v) is 20.4. The average molecular weight is 508 g/mol. The molecule has 10 heteroatoms. The third-order valence-electron chi connectivity index (χ3n) is 4.99. The van der Waals surface area contributed by atoms with Gasteiger partial charge in [0.2, 0.25) is 0 Å². The largest absolute Gasteiger partial charge is 0.493 e. The Hall–Kier alpha value is -3.04. The van der Waals surface area contributed by atoms with Crippen molar-refractivity contribution < 1.29 is 33.0 Å². The normalized spacial score (nSPS) is 15.6. The van der Waals surface area contributed by atoms with Crippen LogP contribution in [0.2, 0.25) is 5.02 Å². The highest BCUT2D eigenvalue weighted by atomic mass is 35.5. The number of benzene rings is 2. The van der Waals surface area contributed by atoms with Gasteiger partial charge in [-0.1, -0.05) is 30.7 Å². The summed E-state index contributed by atoms with van der Waals surface area (Å²) in [5.74, 6) is -1.04. The molecule has 2 aromatic carbocycles. The number of carbonyl (C=O) groups excluding carboxylic acids is 3. The zero-order chi connectivity index (χ0) is 24.8. The summed E-state index contributed by atoms with van der Waals surface area (Å²) in [6.45, 7) is 3.00. The number of rotatable bonds is 9. The van der Waals surface area contributed by atoms with E-state index in [4.69, 9.17) is 25.8 Å². The molecule has 2 amide bonds. The highest BCUT2D eigenvalue weighted by Crippen LogP contribution is 2.35. The molecular formula is C24H23ClFNO6S. The van der Waals surface area contributed by atoms with E-state index in [9.17, 15) is 18.8 Å². The third kappa shape index (κ3) is 6.09. The molecule has 7 nitrogen and oxygen atoms in total. The number of esters is 1. The molecule has 34 heavy (non-hydrogen) atoms. The van der Waals surface area contributed by atoms with Crippen LogP contribution in [-0.2, 0) is 20.9 Å². The number of amides is 2. The lowest BCUT2D eigenvalue weighted by Gasteiger charge is -2.15. The van der Waals surface area contributed by atoms with Gasteiger partial charge in [0, 0.05) is 5.56 Å². The van der Waals surface area contributed by atoms with Crippen molar-refractivity contribution in [1.29, 1.82) is 0 Å². The molecular weight excluding hydrogens is 485 g/mol. The topological polar surface area (TPSA) is 82.1 Å². The van der Waals surface area contributed by atoms with Crippen molar-refractivity contribution in [2.24, 2.45) is 0 Å². The Labute approximate surface area is 205 Å². The van der Waals surface area contributed by atoms with E-state index in [0.717, 1.165) is 16.7 Å². The Morgan fingerprint density at radius 2 is 2.00 bits per heavy atom. The van der Waals surface area contributed by atoms with Crippen LogP contribution in [0, 0.1) is 5.82 Å². The second-order valence-corrected chi connectivity index (χ2v) is 8.78. The molecule has 0 spiro atoms. The van der Waals surface area contributed by atoms with Gasteiger partial charge in [-0.15, -0.1) is 0 Å². The maximum atomic E-state index is 14.1. The van der Waals surface area contributed by atoms with E-state index >= 15 is 0 Å². The zero-order valence-electron chi connectivity index (χ0n) is 18.8. The van der Waals surface area contributed by atoms with Crippen molar-refractivity contribution >= 4 is 46.6 Å². The minimum absolute atomic E-state index is 0.139. The van der Waals surface area contributed by atoms with Crippen LogP contribution >= 0.6 is 23.4 Å². The van der Waals surface area contributed by atoms with Gasteiger partial charge in [-0.05, 0) is 61.0 Å². The summed E-state index contributed by atoms with van der Waals surface area (Å²) in [6.07, 6.45) is 1.83. The van der Waals surface area contributed by atoms with E-state index in [1.807, 2.05) is 6.92 Å². The Morgan fingerprint density at radius 3 is 2.68 bits per heavy atom. The first-order valence-corrected chi connectivity index (χ1v) is 11.6. The summed E-state index contributed by atoms with van der Waals surface area (Å²) >= 11 is 6.78. The number of imide groups is 1. The van der Waals surface area contributed by atoms with Gasteiger partial charge in [-0.2, -0.15) is 0 Å². The molecule has 1 saturated heterocycles. The van der Waals surface area contributed by atoms with Crippen LogP contribution in [0.4, 0.5) is 9.18 Å². The molecule has 0 N–H and O–H groups in total. The van der Waals surface area contributed by atoms with E-state index < -0.39 is 29.5 Å². The Balaban J connectivity index is 1.77. The van der Waals surface area contributed by atoms with Crippen molar-refractivity contribution in [2.45, 2.75) is 33.0 Å². The molecule has 0 aliphatic carbocycles. The van der Waals surface area contributed by atoms with Crippen molar-refractivity contribution in [3.05, 3.63) is 63.3 Å². The number of carbonyl (C=O) groups is 3. The fourth-order valence-corrected chi connectivity index (χ4v) is 4.03. The standard InChI is InChI=1S/C24H23ClFNO6S/c1-4-14(2)33-22(28)12-27-23(29)21(34-24(27)30)11-15-8-9-19(31-3)20(10-15)32-13-16-17(25)6-5-7-18(16)26/h5-11,14H,4,12-13H2,1-3H3/b21-11+/t14-/m0/s1. The van der Waals surface area contributed by atoms with Gasteiger partial charge >= 0.3 is 5.97 Å². The maximum absolute atomic E-state index is 14.1. The molecule has 180 valence electrons. The first-order chi connectivity index (χ1) is 16.2. The fourth-order valence-electron chi connectivity index (χ4n) is 2.98. The van der Waals surface area contributed by atoms with Crippen molar-refractivity contribution in [2.75, 3.05) is 13.7 Å². The summed E-state index contributed by atoms with van der Waals surface area (Å²) < 4.78 is 30.3. The molecule has 0 aromatic heterocycles. The SMILES string of the molecule is CC[C@H](C)OC(=O)CN1C(=O)S/C(=C/c2ccc(OC)c(OCc3c(F)cccc3Cl)c2)C1=O. The van der Waals surface area contributed by atoms with Gasteiger partial charge in [0.15, 0.2) is 11.5 Å². The lowest BCUT2D eigenvalue weighted by Crippen LogP contribution is -2.35. The lowest BCUT2D eigenvalue weighted by molar-refractivity contribution is -0.150. The minimum atomic E-state index is -0.648. The van der Waals surface area contributed by atoms with E-state index in [2.05, 4.69) is 0 Å². The second-order valence-electron chi connectivity index (χ2n) is 7.38. The summed E-state index contributed by atoms with van der Waals surface area (Å²) in [6, 6.07) is 9.24. The predicted octanol–water partition coefficient (Wildman–Crippen LogP) is 5.44. The molecule has 1 atom stereocenters. The van der Waals surface area contributed by atoms with Crippen LogP contribution in [0.15, 0.2) is 41.3 Å². The fraction of sp³-hybridized carbons (Fsp3) is 0.292. The van der Waals surface area contributed by atoms with Gasteiger partial charge < -0.3 is 14.2 Å². The number of thioether (sulfide) groups is 1. The molecule has 0 unspecified atom stereocenters. The number of ether oxygens (including phenoxy) is 3. The third-order valence-corrected chi connectivity index (χ3v) is 6.25. The van der Waals surface area contributed by atoms with E-state index in [1.165, 1.54) is 25.3 Å². The monoisotopic (exact) mass is 507 g/mol. The second kappa shape index (κ2) is 11.4. The van der Waals surface area contributed by atoms with Crippen LogP contribution in [0.3, 0.4) is 0 Å². The lowest BCUT2D eigenvalue weighted by atomic mass is 10.1. The van der Waals surface area contributed by atoms with Crippen LogP contribution < -0.4 is 9.47 Å². The maximum Gasteiger partial charge on any atom is 0.326 e. The number of nitrogens with zero attached hydrogens (tertiary/aromatic N) is 1. The van der Waals surface area contributed by atoms with Crippen LogP contribution in [0.1, 0.15) is 31.4 Å². The molecule has 2 aromatic rings. The smallest absolute Gasteiger partial charge is 0.326 e. The number of methoxy groups -OCH3 is 1. The van der Waals surface area contributed by atoms with Crippen LogP contribution in [-0.4, -0.2) is 41.8 Å². The molecule has 0 saturated carbocycles. The number of hydrogen-bond acceptors (Lipinski definition) is 7. The van der Waals surface area contributed by atoms with Gasteiger partial charge in [0.05, 0.1) is 23.1 Å². The van der Waals surface area contributed by atoms with Crippen molar-refractivity contribution in [3.63, 3.8) is 0 Å². The van der Waals surface area contributed by atoms with E-state index in [-0.39, 0.29) is 28.2 Å². The van der Waals surface area contributed by atoms with Crippen molar-refractivity contribution in [3.8, 4) is 11.5 Å². The molecule has 0 radical (unpaired) electrons. The molecule has 1 heterocycles.